The van der Waals surface area contributed by atoms with Gasteiger partial charge in [0.1, 0.15) is 0 Å². The van der Waals surface area contributed by atoms with Crippen molar-refractivity contribution in [2.24, 2.45) is 5.92 Å². The third kappa shape index (κ3) is 4.63. The predicted molar refractivity (Wildman–Crippen MR) is 103 cm³/mol. The fraction of sp³-hybridized carbons (Fsp3) is 0.294. The summed E-state index contributed by atoms with van der Waals surface area (Å²) in [5.41, 5.74) is 0.692. The number of hydrogen-bond acceptors (Lipinski definition) is 5. The molecule has 1 aromatic heterocycles. The van der Waals surface area contributed by atoms with Gasteiger partial charge in [0, 0.05) is 12.1 Å². The number of halogens is 1. The lowest BCUT2D eigenvalue weighted by atomic mass is 10.1. The van der Waals surface area contributed by atoms with Gasteiger partial charge >= 0.3 is 0 Å². The van der Waals surface area contributed by atoms with Crippen LogP contribution in [0.3, 0.4) is 0 Å². The standard InChI is InChI=1S/C17H17ClN2O4S2/c18-13-4-3-12(8-14(13)20-17(22)15-2-1-6-25-15)16(21)19-9-11-5-7-26(23,24)10-11/h1-4,6,8,11H,5,7,9-10H2,(H,19,21)(H,20,22). The summed E-state index contributed by atoms with van der Waals surface area (Å²) < 4.78 is 22.9. The number of benzene rings is 1. The number of carbonyl (C=O) groups excluding carboxylic acids is 2. The summed E-state index contributed by atoms with van der Waals surface area (Å²) in [7, 11) is -2.97. The molecule has 1 saturated heterocycles. The number of carbonyl (C=O) groups is 2. The fourth-order valence-corrected chi connectivity index (χ4v) is 5.37. The third-order valence-corrected chi connectivity index (χ3v) is 7.13. The minimum atomic E-state index is -2.97. The van der Waals surface area contributed by atoms with Crippen LogP contribution in [0.2, 0.25) is 5.02 Å². The first kappa shape index (κ1) is 18.9. The highest BCUT2D eigenvalue weighted by Crippen LogP contribution is 2.24. The summed E-state index contributed by atoms with van der Waals surface area (Å²) in [6, 6.07) is 8.08. The Hall–Kier alpha value is -1.90. The molecule has 2 aromatic rings. The van der Waals surface area contributed by atoms with E-state index in [1.165, 1.54) is 17.4 Å². The van der Waals surface area contributed by atoms with Gasteiger partial charge in [0.05, 0.1) is 27.1 Å². The van der Waals surface area contributed by atoms with Gasteiger partial charge in [-0.05, 0) is 42.0 Å². The van der Waals surface area contributed by atoms with Crippen LogP contribution in [0.5, 0.6) is 0 Å². The Morgan fingerprint density at radius 3 is 2.69 bits per heavy atom. The SMILES string of the molecule is O=C(NCC1CCS(=O)(=O)C1)c1ccc(Cl)c(NC(=O)c2cccs2)c1. The quantitative estimate of drug-likeness (QED) is 0.789. The van der Waals surface area contributed by atoms with Crippen LogP contribution in [0.25, 0.3) is 0 Å². The van der Waals surface area contributed by atoms with Crippen LogP contribution in [0.15, 0.2) is 35.7 Å². The minimum absolute atomic E-state index is 0.0609. The van der Waals surface area contributed by atoms with E-state index < -0.39 is 9.84 Å². The number of nitrogens with one attached hydrogen (secondary N) is 2. The second kappa shape index (κ2) is 7.77. The molecule has 0 aliphatic carbocycles. The van der Waals surface area contributed by atoms with Gasteiger partial charge in [-0.25, -0.2) is 8.42 Å². The van der Waals surface area contributed by atoms with Crippen LogP contribution in [-0.4, -0.2) is 38.3 Å². The summed E-state index contributed by atoms with van der Waals surface area (Å²) in [6.07, 6.45) is 0.561. The largest absolute Gasteiger partial charge is 0.352 e. The molecule has 0 bridgehead atoms. The lowest BCUT2D eigenvalue weighted by Crippen LogP contribution is -2.29. The summed E-state index contributed by atoms with van der Waals surface area (Å²) in [5.74, 6) is -0.411. The Morgan fingerprint density at radius 2 is 2.04 bits per heavy atom. The molecular weight excluding hydrogens is 396 g/mol. The molecule has 1 unspecified atom stereocenters. The monoisotopic (exact) mass is 412 g/mol. The van der Waals surface area contributed by atoms with Crippen molar-refractivity contribution in [2.45, 2.75) is 6.42 Å². The normalized spacial score (nSPS) is 18.4. The van der Waals surface area contributed by atoms with Crippen LogP contribution in [0.1, 0.15) is 26.5 Å². The van der Waals surface area contributed by atoms with Gasteiger partial charge in [-0.3, -0.25) is 9.59 Å². The van der Waals surface area contributed by atoms with Gasteiger partial charge in [0.15, 0.2) is 9.84 Å². The highest BCUT2D eigenvalue weighted by molar-refractivity contribution is 7.91. The first-order valence-corrected chi connectivity index (χ1v) is 11.0. The molecule has 2 amide bonds. The number of amides is 2. The molecule has 1 aliphatic rings. The van der Waals surface area contributed by atoms with Gasteiger partial charge in [-0.1, -0.05) is 17.7 Å². The maximum atomic E-state index is 12.3. The van der Waals surface area contributed by atoms with Crippen molar-refractivity contribution >= 4 is 50.3 Å². The zero-order chi connectivity index (χ0) is 18.7. The van der Waals surface area contributed by atoms with Crippen LogP contribution in [0.4, 0.5) is 5.69 Å². The average Bonchev–Trinajstić information content (AvgIpc) is 3.24. The highest BCUT2D eigenvalue weighted by Gasteiger charge is 2.28. The summed E-state index contributed by atoms with van der Waals surface area (Å²) in [6.45, 7) is 0.303. The van der Waals surface area contributed by atoms with Crippen LogP contribution >= 0.6 is 22.9 Å². The van der Waals surface area contributed by atoms with Gasteiger partial charge in [0.25, 0.3) is 11.8 Å². The second-order valence-corrected chi connectivity index (χ2v) is 9.69. The summed E-state index contributed by atoms with van der Waals surface area (Å²) >= 11 is 7.41. The van der Waals surface area contributed by atoms with E-state index in [1.807, 2.05) is 0 Å². The molecule has 9 heteroatoms. The Morgan fingerprint density at radius 1 is 1.23 bits per heavy atom. The summed E-state index contributed by atoms with van der Waals surface area (Å²) in [5, 5.41) is 7.57. The molecule has 0 spiro atoms. The van der Waals surface area contributed by atoms with E-state index in [9.17, 15) is 18.0 Å². The van der Waals surface area contributed by atoms with E-state index >= 15 is 0 Å². The molecule has 1 atom stereocenters. The summed E-state index contributed by atoms with van der Waals surface area (Å²) in [4.78, 5) is 25.0. The lowest BCUT2D eigenvalue weighted by molar-refractivity contribution is 0.0947. The van der Waals surface area contributed by atoms with E-state index in [1.54, 1.807) is 29.6 Å². The van der Waals surface area contributed by atoms with Crippen LogP contribution in [-0.2, 0) is 9.84 Å². The van der Waals surface area contributed by atoms with Crippen molar-refractivity contribution in [1.29, 1.82) is 0 Å². The Labute approximate surface area is 160 Å². The predicted octanol–water partition coefficient (Wildman–Crippen LogP) is 2.82. The topological polar surface area (TPSA) is 92.3 Å². The van der Waals surface area contributed by atoms with Crippen molar-refractivity contribution in [3.63, 3.8) is 0 Å². The van der Waals surface area contributed by atoms with E-state index in [2.05, 4.69) is 10.6 Å². The van der Waals surface area contributed by atoms with E-state index in [4.69, 9.17) is 11.6 Å². The Balaban J connectivity index is 1.64. The molecule has 0 radical (unpaired) electrons. The molecule has 0 saturated carbocycles. The number of anilines is 1. The molecule has 6 nitrogen and oxygen atoms in total. The number of hydrogen-bond donors (Lipinski definition) is 2. The first-order chi connectivity index (χ1) is 12.3. The Bertz CT molecular complexity index is 926. The number of rotatable bonds is 5. The van der Waals surface area contributed by atoms with Crippen molar-refractivity contribution in [2.75, 3.05) is 23.4 Å². The number of thiophene rings is 1. The lowest BCUT2D eigenvalue weighted by Gasteiger charge is -2.12. The van der Waals surface area contributed by atoms with E-state index in [0.29, 0.717) is 34.1 Å². The molecule has 138 valence electrons. The second-order valence-electron chi connectivity index (χ2n) is 6.11. The molecule has 1 aromatic carbocycles. The zero-order valence-electron chi connectivity index (χ0n) is 13.7. The van der Waals surface area contributed by atoms with Crippen LogP contribution < -0.4 is 10.6 Å². The van der Waals surface area contributed by atoms with Crippen molar-refractivity contribution in [3.8, 4) is 0 Å². The maximum Gasteiger partial charge on any atom is 0.265 e. The molecule has 1 aliphatic heterocycles. The maximum absolute atomic E-state index is 12.3. The van der Waals surface area contributed by atoms with Gasteiger partial charge in [-0.15, -0.1) is 11.3 Å². The molecular formula is C17H17ClN2O4S2. The van der Waals surface area contributed by atoms with E-state index in [0.717, 1.165) is 0 Å². The molecule has 26 heavy (non-hydrogen) atoms. The highest BCUT2D eigenvalue weighted by atomic mass is 35.5. The van der Waals surface area contributed by atoms with Crippen molar-refractivity contribution in [3.05, 3.63) is 51.2 Å². The molecule has 2 heterocycles. The smallest absolute Gasteiger partial charge is 0.265 e. The van der Waals surface area contributed by atoms with Gasteiger partial charge in [0.2, 0.25) is 0 Å². The number of sulfone groups is 1. The van der Waals surface area contributed by atoms with Crippen molar-refractivity contribution in [1.82, 2.24) is 5.32 Å². The van der Waals surface area contributed by atoms with Gasteiger partial charge < -0.3 is 10.6 Å². The zero-order valence-corrected chi connectivity index (χ0v) is 16.1. The third-order valence-electron chi connectivity index (χ3n) is 4.10. The molecule has 1 fully saturated rings. The van der Waals surface area contributed by atoms with Crippen molar-refractivity contribution < 1.29 is 18.0 Å². The molecule has 2 N–H and O–H groups in total. The van der Waals surface area contributed by atoms with Crippen LogP contribution in [0, 0.1) is 5.92 Å². The first-order valence-electron chi connectivity index (χ1n) is 7.97. The Kier molecular flexibility index (Phi) is 5.64. The molecule has 3 rings (SSSR count). The average molecular weight is 413 g/mol. The fourth-order valence-electron chi connectivity index (χ4n) is 2.73. The van der Waals surface area contributed by atoms with Gasteiger partial charge in [-0.2, -0.15) is 0 Å². The minimum Gasteiger partial charge on any atom is -0.352 e. The van der Waals surface area contributed by atoms with E-state index in [-0.39, 0.29) is 29.2 Å².